The largest absolute Gasteiger partial charge is 0.397 e. The second kappa shape index (κ2) is 4.40. The predicted octanol–water partition coefficient (Wildman–Crippen LogP) is 0.189. The van der Waals surface area contributed by atoms with Gasteiger partial charge in [-0.3, -0.25) is 14.9 Å². The van der Waals surface area contributed by atoms with E-state index >= 15 is 0 Å². The quantitative estimate of drug-likeness (QED) is 0.635. The molecule has 0 saturated carbocycles. The van der Waals surface area contributed by atoms with Crippen LogP contribution in [0.3, 0.4) is 0 Å². The number of aryl methyl sites for hydroxylation is 1. The van der Waals surface area contributed by atoms with Crippen LogP contribution in [0.1, 0.15) is 18.4 Å². The molecule has 1 aromatic heterocycles. The summed E-state index contributed by atoms with van der Waals surface area (Å²) in [6.45, 7) is 1.86. The maximum absolute atomic E-state index is 11.5. The Balaban J connectivity index is 2.10. The molecule has 6 heteroatoms. The van der Waals surface area contributed by atoms with Crippen molar-refractivity contribution < 1.29 is 9.59 Å². The van der Waals surface area contributed by atoms with Crippen LogP contribution in [0.2, 0.25) is 0 Å². The number of nitrogens with two attached hydrogens (primary N) is 1. The number of pyridine rings is 1. The first-order chi connectivity index (χ1) is 8.06. The summed E-state index contributed by atoms with van der Waals surface area (Å²) in [7, 11) is 0. The summed E-state index contributed by atoms with van der Waals surface area (Å²) in [5, 5.41) is 5.30. The molecule has 0 radical (unpaired) electrons. The molecule has 1 aromatic rings. The molecule has 2 heterocycles. The van der Waals surface area contributed by atoms with Crippen molar-refractivity contribution in [2.45, 2.75) is 25.8 Å². The molecule has 90 valence electrons. The number of nitrogens with zero attached hydrogens (tertiary/aromatic N) is 1. The summed E-state index contributed by atoms with van der Waals surface area (Å²) in [6.07, 6.45) is 2.36. The van der Waals surface area contributed by atoms with Gasteiger partial charge in [-0.05, 0) is 25.0 Å². The van der Waals surface area contributed by atoms with Crippen molar-refractivity contribution in [2.24, 2.45) is 0 Å². The fourth-order valence-corrected chi connectivity index (χ4v) is 1.74. The number of hydrogen-bond acceptors (Lipinski definition) is 5. The van der Waals surface area contributed by atoms with Crippen LogP contribution < -0.4 is 16.4 Å². The summed E-state index contributed by atoms with van der Waals surface area (Å²) in [5.74, 6) is 0.0861. The summed E-state index contributed by atoms with van der Waals surface area (Å²) >= 11 is 0. The van der Waals surface area contributed by atoms with Gasteiger partial charge in [-0.1, -0.05) is 0 Å². The number of anilines is 2. The van der Waals surface area contributed by atoms with Gasteiger partial charge in [-0.2, -0.15) is 0 Å². The number of nitrogens with one attached hydrogen (secondary N) is 2. The molecule has 2 amide bonds. The van der Waals surface area contributed by atoms with Gasteiger partial charge in [0.25, 0.3) is 0 Å². The molecule has 1 fully saturated rings. The number of carbonyl (C=O) groups excluding carboxylic acids is 2. The number of amides is 2. The zero-order valence-electron chi connectivity index (χ0n) is 9.49. The van der Waals surface area contributed by atoms with Crippen LogP contribution >= 0.6 is 0 Å². The van der Waals surface area contributed by atoms with Crippen LogP contribution in [0.4, 0.5) is 11.5 Å². The molecule has 1 aliphatic heterocycles. The molecule has 17 heavy (non-hydrogen) atoms. The maximum atomic E-state index is 11.5. The number of nitrogen functional groups attached to an aromatic ring is 1. The Morgan fingerprint density at radius 3 is 2.94 bits per heavy atom. The van der Waals surface area contributed by atoms with Gasteiger partial charge in [0.15, 0.2) is 0 Å². The Labute approximate surface area is 98.6 Å². The zero-order chi connectivity index (χ0) is 12.4. The number of imide groups is 1. The van der Waals surface area contributed by atoms with Gasteiger partial charge in [-0.25, -0.2) is 4.98 Å². The summed E-state index contributed by atoms with van der Waals surface area (Å²) in [5.41, 5.74) is 7.04. The Morgan fingerprint density at radius 2 is 2.29 bits per heavy atom. The predicted molar refractivity (Wildman–Crippen MR) is 63.2 cm³/mol. The van der Waals surface area contributed by atoms with E-state index < -0.39 is 6.04 Å². The maximum Gasteiger partial charge on any atom is 0.249 e. The molecule has 1 unspecified atom stereocenters. The standard InChI is InChI=1S/C11H14N4O2/c1-6-4-7(12)5-13-10(6)14-8-2-3-9(16)15-11(8)17/h4-5,8H,2-3,12H2,1H3,(H,13,14)(H,15,16,17). The summed E-state index contributed by atoms with van der Waals surface area (Å²) < 4.78 is 0. The van der Waals surface area contributed by atoms with Crippen molar-refractivity contribution in [3.8, 4) is 0 Å². The molecule has 0 spiro atoms. The van der Waals surface area contributed by atoms with E-state index in [1.807, 2.05) is 6.92 Å². The van der Waals surface area contributed by atoms with Crippen LogP contribution in [-0.2, 0) is 9.59 Å². The number of piperidine rings is 1. The van der Waals surface area contributed by atoms with Crippen LogP contribution in [-0.4, -0.2) is 22.8 Å². The van der Waals surface area contributed by atoms with Gasteiger partial charge >= 0.3 is 0 Å². The molecule has 6 nitrogen and oxygen atoms in total. The second-order valence-electron chi connectivity index (χ2n) is 4.08. The molecule has 1 aliphatic rings. The van der Waals surface area contributed by atoms with Crippen molar-refractivity contribution in [3.05, 3.63) is 17.8 Å². The first-order valence-electron chi connectivity index (χ1n) is 5.38. The van der Waals surface area contributed by atoms with E-state index in [1.165, 1.54) is 6.20 Å². The fourth-order valence-electron chi connectivity index (χ4n) is 1.74. The van der Waals surface area contributed by atoms with Gasteiger partial charge in [-0.15, -0.1) is 0 Å². The lowest BCUT2D eigenvalue weighted by Gasteiger charge is -2.23. The molecule has 1 atom stereocenters. The highest BCUT2D eigenvalue weighted by Crippen LogP contribution is 2.17. The van der Waals surface area contributed by atoms with Gasteiger partial charge in [0.1, 0.15) is 11.9 Å². The van der Waals surface area contributed by atoms with E-state index in [9.17, 15) is 9.59 Å². The van der Waals surface area contributed by atoms with Crippen molar-refractivity contribution in [3.63, 3.8) is 0 Å². The number of hydrogen-bond donors (Lipinski definition) is 3. The Kier molecular flexibility index (Phi) is 2.95. The molecule has 0 aliphatic carbocycles. The lowest BCUT2D eigenvalue weighted by atomic mass is 10.1. The number of aromatic nitrogens is 1. The molecular weight excluding hydrogens is 220 g/mol. The Hall–Kier alpha value is -2.11. The second-order valence-corrected chi connectivity index (χ2v) is 4.08. The van der Waals surface area contributed by atoms with Crippen molar-refractivity contribution >= 4 is 23.3 Å². The van der Waals surface area contributed by atoms with E-state index in [1.54, 1.807) is 6.07 Å². The summed E-state index contributed by atoms with van der Waals surface area (Å²) in [4.78, 5) is 26.7. The van der Waals surface area contributed by atoms with Crippen LogP contribution in [0.15, 0.2) is 12.3 Å². The van der Waals surface area contributed by atoms with Gasteiger partial charge < -0.3 is 11.1 Å². The van der Waals surface area contributed by atoms with Gasteiger partial charge in [0, 0.05) is 6.42 Å². The molecule has 1 saturated heterocycles. The van der Waals surface area contributed by atoms with E-state index in [2.05, 4.69) is 15.6 Å². The molecule has 0 bridgehead atoms. The topological polar surface area (TPSA) is 97.1 Å². The van der Waals surface area contributed by atoms with Crippen molar-refractivity contribution in [1.29, 1.82) is 0 Å². The van der Waals surface area contributed by atoms with Crippen LogP contribution in [0, 0.1) is 6.92 Å². The van der Waals surface area contributed by atoms with Crippen LogP contribution in [0.5, 0.6) is 0 Å². The Bertz CT molecular complexity index is 473. The van der Waals surface area contributed by atoms with E-state index in [0.29, 0.717) is 24.3 Å². The average Bonchev–Trinajstić information content (AvgIpc) is 2.25. The van der Waals surface area contributed by atoms with E-state index in [-0.39, 0.29) is 11.8 Å². The van der Waals surface area contributed by atoms with E-state index in [0.717, 1.165) is 5.56 Å². The minimum Gasteiger partial charge on any atom is -0.397 e. The first kappa shape index (κ1) is 11.4. The smallest absolute Gasteiger partial charge is 0.249 e. The lowest BCUT2D eigenvalue weighted by molar-refractivity contribution is -0.133. The highest BCUT2D eigenvalue weighted by atomic mass is 16.2. The highest BCUT2D eigenvalue weighted by Gasteiger charge is 2.26. The zero-order valence-corrected chi connectivity index (χ0v) is 9.49. The molecule has 2 rings (SSSR count). The SMILES string of the molecule is Cc1cc(N)cnc1NC1CCC(=O)NC1=O. The van der Waals surface area contributed by atoms with Gasteiger partial charge in [0.2, 0.25) is 11.8 Å². The third kappa shape index (κ3) is 2.52. The monoisotopic (exact) mass is 234 g/mol. The van der Waals surface area contributed by atoms with E-state index in [4.69, 9.17) is 5.73 Å². The third-order valence-electron chi connectivity index (χ3n) is 2.65. The average molecular weight is 234 g/mol. The third-order valence-corrected chi connectivity index (χ3v) is 2.65. The molecule has 0 aromatic carbocycles. The lowest BCUT2D eigenvalue weighted by Crippen LogP contribution is -2.47. The summed E-state index contributed by atoms with van der Waals surface area (Å²) in [6, 6.07) is 1.36. The minimum absolute atomic E-state index is 0.227. The first-order valence-corrected chi connectivity index (χ1v) is 5.38. The number of rotatable bonds is 2. The number of carbonyl (C=O) groups is 2. The van der Waals surface area contributed by atoms with Gasteiger partial charge in [0.05, 0.1) is 11.9 Å². The molecule has 4 N–H and O–H groups in total. The highest BCUT2D eigenvalue weighted by molar-refractivity contribution is 6.01. The van der Waals surface area contributed by atoms with Crippen molar-refractivity contribution in [2.75, 3.05) is 11.1 Å². The van der Waals surface area contributed by atoms with Crippen LogP contribution in [0.25, 0.3) is 0 Å². The minimum atomic E-state index is -0.414. The normalized spacial score (nSPS) is 19.9. The Morgan fingerprint density at radius 1 is 1.53 bits per heavy atom. The fraction of sp³-hybridized carbons (Fsp3) is 0.364. The molecular formula is C11H14N4O2. The van der Waals surface area contributed by atoms with Crippen molar-refractivity contribution in [1.82, 2.24) is 10.3 Å².